The molecule has 1 atom stereocenters. The van der Waals surface area contributed by atoms with Gasteiger partial charge in [0.15, 0.2) is 6.29 Å². The van der Waals surface area contributed by atoms with Crippen molar-refractivity contribution in [3.8, 4) is 0 Å². The maximum Gasteiger partial charge on any atom is 0.218 e. The molecule has 0 spiro atoms. The Labute approximate surface area is 123 Å². The fourth-order valence-corrected chi connectivity index (χ4v) is 5.48. The second-order valence-corrected chi connectivity index (χ2v) is 9.79. The lowest BCUT2D eigenvalue weighted by Crippen LogP contribution is -2.31. The molecule has 0 saturated carbocycles. The Morgan fingerprint density at radius 1 is 1.40 bits per heavy atom. The Bertz CT molecular complexity index is 406. The molecule has 0 aliphatic carbocycles. The lowest BCUT2D eigenvalue weighted by Gasteiger charge is -2.21. The maximum atomic E-state index is 6.21. The van der Waals surface area contributed by atoms with Gasteiger partial charge in [-0.1, -0.05) is 24.3 Å². The molecule has 1 unspecified atom stereocenters. The van der Waals surface area contributed by atoms with Gasteiger partial charge in [-0.2, -0.15) is 0 Å². The van der Waals surface area contributed by atoms with Gasteiger partial charge in [0.2, 0.25) is 8.32 Å². The van der Waals surface area contributed by atoms with Crippen LogP contribution in [0, 0.1) is 0 Å². The number of rotatable bonds is 6. The summed E-state index contributed by atoms with van der Waals surface area (Å²) in [5.41, 5.74) is 1.17. The van der Waals surface area contributed by atoms with Crippen LogP contribution in [0.25, 0.3) is 0 Å². The molecule has 0 bridgehead atoms. The van der Waals surface area contributed by atoms with E-state index in [2.05, 4.69) is 38.7 Å². The average molecular weight is 294 g/mol. The number of hydrogen-bond donors (Lipinski definition) is 0. The van der Waals surface area contributed by atoms with Crippen LogP contribution in [0.2, 0.25) is 13.1 Å². The van der Waals surface area contributed by atoms with Crippen LogP contribution in [-0.2, 0) is 13.9 Å². The van der Waals surface area contributed by atoms with E-state index in [9.17, 15) is 0 Å². The zero-order valence-electron chi connectivity index (χ0n) is 12.9. The lowest BCUT2D eigenvalue weighted by atomic mass is 10.1. The molecule has 112 valence electrons. The van der Waals surface area contributed by atoms with E-state index in [0.29, 0.717) is 13.2 Å². The van der Waals surface area contributed by atoms with Crippen LogP contribution in [0.1, 0.15) is 26.2 Å². The summed E-state index contributed by atoms with van der Waals surface area (Å²) in [7, 11) is -1.68. The van der Waals surface area contributed by atoms with E-state index in [1.807, 2.05) is 6.08 Å². The van der Waals surface area contributed by atoms with Gasteiger partial charge in [0.25, 0.3) is 0 Å². The molecule has 2 heterocycles. The Kier molecular flexibility index (Phi) is 5.38. The van der Waals surface area contributed by atoms with Gasteiger partial charge in [-0.05, 0) is 50.6 Å². The van der Waals surface area contributed by atoms with Gasteiger partial charge in [-0.25, -0.2) is 0 Å². The summed E-state index contributed by atoms with van der Waals surface area (Å²) in [5, 5.41) is 1.38. The van der Waals surface area contributed by atoms with E-state index in [0.717, 1.165) is 19.3 Å². The van der Waals surface area contributed by atoms with E-state index >= 15 is 0 Å². The summed E-state index contributed by atoms with van der Waals surface area (Å²) in [4.78, 5) is 0. The largest absolute Gasteiger partial charge is 0.407 e. The van der Waals surface area contributed by atoms with E-state index in [1.54, 1.807) is 0 Å². The molecule has 2 aliphatic rings. The van der Waals surface area contributed by atoms with Crippen LogP contribution in [0.15, 0.2) is 35.6 Å². The highest BCUT2D eigenvalue weighted by Gasteiger charge is 2.36. The minimum atomic E-state index is -1.68. The summed E-state index contributed by atoms with van der Waals surface area (Å²) >= 11 is 0. The number of allylic oxidation sites excluding steroid dienone is 3. The van der Waals surface area contributed by atoms with Gasteiger partial charge in [0.1, 0.15) is 0 Å². The third kappa shape index (κ3) is 4.15. The summed E-state index contributed by atoms with van der Waals surface area (Å²) in [6.07, 6.45) is 9.84. The molecule has 3 nitrogen and oxygen atoms in total. The van der Waals surface area contributed by atoms with Crippen molar-refractivity contribution in [3.05, 3.63) is 35.6 Å². The predicted octanol–water partition coefficient (Wildman–Crippen LogP) is 3.73. The van der Waals surface area contributed by atoms with Crippen molar-refractivity contribution in [2.24, 2.45) is 0 Å². The first-order chi connectivity index (χ1) is 9.49. The fourth-order valence-electron chi connectivity index (χ4n) is 2.79. The van der Waals surface area contributed by atoms with Crippen LogP contribution in [0.3, 0.4) is 0 Å². The molecule has 0 radical (unpaired) electrons. The fraction of sp³-hybridized carbons (Fsp3) is 0.625. The lowest BCUT2D eigenvalue weighted by molar-refractivity contribution is -0.00174. The molecule has 0 amide bonds. The molecule has 0 aromatic carbocycles. The minimum Gasteiger partial charge on any atom is -0.407 e. The third-order valence-corrected chi connectivity index (χ3v) is 6.49. The molecule has 1 fully saturated rings. The molecule has 2 rings (SSSR count). The van der Waals surface area contributed by atoms with Gasteiger partial charge in [0, 0.05) is 0 Å². The van der Waals surface area contributed by atoms with Gasteiger partial charge < -0.3 is 13.9 Å². The molecular weight excluding hydrogens is 268 g/mol. The zero-order valence-corrected chi connectivity index (χ0v) is 13.9. The first kappa shape index (κ1) is 15.7. The monoisotopic (exact) mass is 294 g/mol. The number of unbranched alkanes of at least 4 members (excludes halogenated alkanes) is 1. The van der Waals surface area contributed by atoms with Gasteiger partial charge in [0.05, 0.1) is 19.3 Å². The van der Waals surface area contributed by atoms with Crippen molar-refractivity contribution in [2.45, 2.75) is 51.7 Å². The molecular formula is C16H26O3Si. The Morgan fingerprint density at radius 2 is 2.10 bits per heavy atom. The molecule has 20 heavy (non-hydrogen) atoms. The van der Waals surface area contributed by atoms with Gasteiger partial charge in [-0.15, -0.1) is 0 Å². The van der Waals surface area contributed by atoms with Crippen molar-refractivity contribution in [1.82, 2.24) is 0 Å². The normalized spacial score (nSPS) is 26.4. The SMILES string of the molecule is C=C(C)C1=CC(CCC/C=C/C2OCCO2)O[Si]1(C)C. The van der Waals surface area contributed by atoms with E-state index in [1.165, 1.54) is 10.8 Å². The van der Waals surface area contributed by atoms with E-state index < -0.39 is 8.32 Å². The summed E-state index contributed by atoms with van der Waals surface area (Å²) < 4.78 is 16.9. The van der Waals surface area contributed by atoms with Gasteiger partial charge in [-0.3, -0.25) is 0 Å². The van der Waals surface area contributed by atoms with E-state index in [-0.39, 0.29) is 12.4 Å². The zero-order chi connectivity index (χ0) is 14.6. The van der Waals surface area contributed by atoms with Crippen LogP contribution >= 0.6 is 0 Å². The van der Waals surface area contributed by atoms with Crippen molar-refractivity contribution < 1.29 is 13.9 Å². The van der Waals surface area contributed by atoms with Crippen LogP contribution in [-0.4, -0.2) is 33.9 Å². The Balaban J connectivity index is 1.71. The highest BCUT2D eigenvalue weighted by molar-refractivity contribution is 6.80. The Hall–Kier alpha value is -0.683. The van der Waals surface area contributed by atoms with Crippen molar-refractivity contribution in [1.29, 1.82) is 0 Å². The Morgan fingerprint density at radius 3 is 2.70 bits per heavy atom. The first-order valence-corrected chi connectivity index (χ1v) is 10.4. The number of ether oxygens (including phenoxy) is 2. The number of hydrogen-bond acceptors (Lipinski definition) is 3. The van der Waals surface area contributed by atoms with Gasteiger partial charge >= 0.3 is 0 Å². The predicted molar refractivity (Wildman–Crippen MR) is 83.9 cm³/mol. The van der Waals surface area contributed by atoms with Crippen LogP contribution in [0.4, 0.5) is 0 Å². The molecule has 0 aromatic heterocycles. The third-order valence-electron chi connectivity index (χ3n) is 3.71. The maximum absolute atomic E-state index is 6.21. The second kappa shape index (κ2) is 6.85. The van der Waals surface area contributed by atoms with E-state index in [4.69, 9.17) is 13.9 Å². The summed E-state index contributed by atoms with van der Waals surface area (Å²) in [5.74, 6) is 0. The van der Waals surface area contributed by atoms with Crippen molar-refractivity contribution in [2.75, 3.05) is 13.2 Å². The highest BCUT2D eigenvalue weighted by Crippen LogP contribution is 2.32. The second-order valence-electron chi connectivity index (χ2n) is 6.00. The molecule has 4 heteroatoms. The summed E-state index contributed by atoms with van der Waals surface area (Å²) in [6.45, 7) is 12.1. The standard InChI is InChI=1S/C16H26O3Si/c1-13(2)15-12-14(19-20(15,3)4)8-6-5-7-9-16-17-10-11-18-16/h7,9,12,14,16H,1,5-6,8,10-11H2,2-4H3/b9-7+. The van der Waals surface area contributed by atoms with Crippen molar-refractivity contribution >= 4 is 8.32 Å². The van der Waals surface area contributed by atoms with Crippen molar-refractivity contribution in [3.63, 3.8) is 0 Å². The molecule has 0 aromatic rings. The van der Waals surface area contributed by atoms with Crippen LogP contribution < -0.4 is 0 Å². The smallest absolute Gasteiger partial charge is 0.218 e. The molecule has 2 aliphatic heterocycles. The average Bonchev–Trinajstić information content (AvgIpc) is 2.96. The highest BCUT2D eigenvalue weighted by atomic mass is 28.4. The quantitative estimate of drug-likeness (QED) is 0.424. The topological polar surface area (TPSA) is 27.7 Å². The molecule has 1 saturated heterocycles. The first-order valence-electron chi connectivity index (χ1n) is 7.45. The molecule has 0 N–H and O–H groups in total. The summed E-state index contributed by atoms with van der Waals surface area (Å²) in [6, 6.07) is 0. The van der Waals surface area contributed by atoms with Crippen LogP contribution in [0.5, 0.6) is 0 Å². The minimum absolute atomic E-state index is 0.126.